The van der Waals surface area contributed by atoms with Crippen molar-refractivity contribution in [2.24, 2.45) is 0 Å². The first-order valence-electron chi connectivity index (χ1n) is 7.06. The van der Waals surface area contributed by atoms with Crippen LogP contribution >= 0.6 is 11.6 Å². The van der Waals surface area contributed by atoms with Gasteiger partial charge in [0.05, 0.1) is 5.56 Å². The van der Waals surface area contributed by atoms with E-state index in [4.69, 9.17) is 16.1 Å². The largest absolute Gasteiger partial charge is 0.361 e. The highest BCUT2D eigenvalue weighted by atomic mass is 35.5. The lowest BCUT2D eigenvalue weighted by Crippen LogP contribution is -2.14. The Balaban J connectivity index is 2.09. The van der Waals surface area contributed by atoms with Crippen LogP contribution in [0.1, 0.15) is 17.2 Å². The van der Waals surface area contributed by atoms with Crippen LogP contribution in [-0.4, -0.2) is 23.5 Å². The molecule has 3 aromatic rings. The number of rotatable bonds is 4. The average molecular weight is 367 g/mol. The van der Waals surface area contributed by atoms with Crippen LogP contribution in [0, 0.1) is 20.8 Å². The zero-order valence-corrected chi connectivity index (χ0v) is 14.8. The number of H-pyrrole nitrogens is 1. The van der Waals surface area contributed by atoms with Crippen molar-refractivity contribution >= 4 is 27.3 Å². The highest BCUT2D eigenvalue weighted by Gasteiger charge is 2.29. The third kappa shape index (κ3) is 3.02. The number of nitrogens with zero attached hydrogens (tertiary/aromatic N) is 2. The summed E-state index contributed by atoms with van der Waals surface area (Å²) < 4.78 is 33.4. The molecule has 0 atom stereocenters. The van der Waals surface area contributed by atoms with Gasteiger partial charge in [-0.1, -0.05) is 16.8 Å². The van der Waals surface area contributed by atoms with Gasteiger partial charge in [0.1, 0.15) is 4.90 Å². The molecule has 9 heteroatoms. The second kappa shape index (κ2) is 5.95. The average Bonchev–Trinajstić information content (AvgIpc) is 3.04. The molecule has 0 saturated carbocycles. The van der Waals surface area contributed by atoms with Crippen molar-refractivity contribution in [3.8, 4) is 11.5 Å². The van der Waals surface area contributed by atoms with Crippen molar-refractivity contribution in [3.05, 3.63) is 46.5 Å². The Morgan fingerprint density at radius 3 is 2.38 bits per heavy atom. The molecule has 2 N–H and O–H groups in total. The Kier molecular flexibility index (Phi) is 4.10. The number of hydrogen-bond acceptors (Lipinski definition) is 5. The normalized spacial score (nSPS) is 11.7. The Labute approximate surface area is 144 Å². The van der Waals surface area contributed by atoms with Crippen LogP contribution in [0.2, 0.25) is 5.02 Å². The molecule has 7 nitrogen and oxygen atoms in total. The van der Waals surface area contributed by atoms with E-state index in [1.54, 1.807) is 45.0 Å². The molecule has 0 saturated heterocycles. The fourth-order valence-corrected chi connectivity index (χ4v) is 4.11. The molecule has 0 radical (unpaired) electrons. The minimum Gasteiger partial charge on any atom is -0.361 e. The van der Waals surface area contributed by atoms with Gasteiger partial charge in [-0.2, -0.15) is 4.98 Å². The van der Waals surface area contributed by atoms with Gasteiger partial charge in [0.25, 0.3) is 15.9 Å². The number of aromatic nitrogens is 3. The Morgan fingerprint density at radius 1 is 1.12 bits per heavy atom. The van der Waals surface area contributed by atoms with Crippen molar-refractivity contribution in [1.29, 1.82) is 0 Å². The Bertz CT molecular complexity index is 990. The number of anilines is 1. The molecule has 2 aromatic heterocycles. The smallest absolute Gasteiger partial charge is 0.264 e. The maximum absolute atomic E-state index is 12.9. The summed E-state index contributed by atoms with van der Waals surface area (Å²) in [5, 5.41) is 4.25. The predicted molar refractivity (Wildman–Crippen MR) is 90.6 cm³/mol. The highest BCUT2D eigenvalue weighted by Crippen LogP contribution is 2.33. The number of halogens is 1. The molecule has 0 aliphatic rings. The molecule has 126 valence electrons. The molecular formula is C15H15ClN4O3S. The van der Waals surface area contributed by atoms with Crippen LogP contribution in [0.15, 0.2) is 33.7 Å². The molecule has 0 amide bonds. The number of benzene rings is 1. The van der Waals surface area contributed by atoms with Gasteiger partial charge in [-0.3, -0.25) is 4.72 Å². The molecule has 0 bridgehead atoms. The van der Waals surface area contributed by atoms with E-state index < -0.39 is 10.0 Å². The Morgan fingerprint density at radius 2 is 1.79 bits per heavy atom. The molecule has 0 unspecified atom stereocenters. The van der Waals surface area contributed by atoms with Crippen LogP contribution in [0.5, 0.6) is 0 Å². The van der Waals surface area contributed by atoms with Gasteiger partial charge in [-0.05, 0) is 45.0 Å². The van der Waals surface area contributed by atoms with Crippen molar-refractivity contribution in [2.45, 2.75) is 25.7 Å². The van der Waals surface area contributed by atoms with Gasteiger partial charge >= 0.3 is 0 Å². The predicted octanol–water partition coefficient (Wildman–Crippen LogP) is 3.44. The monoisotopic (exact) mass is 366 g/mol. The third-order valence-electron chi connectivity index (χ3n) is 3.42. The molecule has 0 fully saturated rings. The first kappa shape index (κ1) is 16.5. The summed E-state index contributed by atoms with van der Waals surface area (Å²) in [6.45, 7) is 5.10. The molecule has 3 rings (SSSR count). The zero-order valence-electron chi connectivity index (χ0n) is 13.2. The summed E-state index contributed by atoms with van der Waals surface area (Å²) >= 11 is 5.83. The Hall–Kier alpha value is -2.32. The van der Waals surface area contributed by atoms with Crippen molar-refractivity contribution in [1.82, 2.24) is 15.1 Å². The molecule has 24 heavy (non-hydrogen) atoms. The maximum Gasteiger partial charge on any atom is 0.264 e. The van der Waals surface area contributed by atoms with Gasteiger partial charge < -0.3 is 9.51 Å². The minimum atomic E-state index is -3.86. The summed E-state index contributed by atoms with van der Waals surface area (Å²) in [5.74, 6) is 0.586. The van der Waals surface area contributed by atoms with Crippen LogP contribution in [0.3, 0.4) is 0 Å². The van der Waals surface area contributed by atoms with E-state index in [0.717, 1.165) is 0 Å². The van der Waals surface area contributed by atoms with Crippen molar-refractivity contribution in [2.75, 3.05) is 4.72 Å². The number of sulfonamides is 1. The van der Waals surface area contributed by atoms with Gasteiger partial charge in [0.15, 0.2) is 5.82 Å². The van der Waals surface area contributed by atoms with E-state index in [9.17, 15) is 8.42 Å². The minimum absolute atomic E-state index is 0.0820. The lowest BCUT2D eigenvalue weighted by molar-refractivity contribution is 0.424. The van der Waals surface area contributed by atoms with Crippen LogP contribution in [-0.2, 0) is 10.0 Å². The SMILES string of the molecule is Cc1noc(-c2c(C)[nH]c(C)c2S(=O)(=O)Nc2ccc(Cl)cc2)n1. The molecule has 0 aliphatic heterocycles. The second-order valence-electron chi connectivity index (χ2n) is 5.34. The van der Waals surface area contributed by atoms with Crippen LogP contribution in [0.4, 0.5) is 5.69 Å². The van der Waals surface area contributed by atoms with Crippen molar-refractivity contribution in [3.63, 3.8) is 0 Å². The molecule has 0 aliphatic carbocycles. The molecule has 2 heterocycles. The summed E-state index contributed by atoms with van der Waals surface area (Å²) in [4.78, 5) is 7.24. The van der Waals surface area contributed by atoms with E-state index >= 15 is 0 Å². The van der Waals surface area contributed by atoms with Crippen molar-refractivity contribution < 1.29 is 12.9 Å². The second-order valence-corrected chi connectivity index (χ2v) is 7.39. The summed E-state index contributed by atoms with van der Waals surface area (Å²) in [5.41, 5.74) is 1.90. The van der Waals surface area contributed by atoms with Gasteiger partial charge in [-0.15, -0.1) is 0 Å². The molecule has 1 aromatic carbocycles. The fourth-order valence-electron chi connectivity index (χ4n) is 2.47. The quantitative estimate of drug-likeness (QED) is 0.736. The fraction of sp³-hybridized carbons (Fsp3) is 0.200. The number of aryl methyl sites for hydroxylation is 3. The van der Waals surface area contributed by atoms with E-state index in [0.29, 0.717) is 33.5 Å². The van der Waals surface area contributed by atoms with E-state index in [-0.39, 0.29) is 10.8 Å². The van der Waals surface area contributed by atoms with E-state index in [1.165, 1.54) is 0 Å². The van der Waals surface area contributed by atoms with Crippen LogP contribution in [0.25, 0.3) is 11.5 Å². The topological polar surface area (TPSA) is 101 Å². The first-order valence-corrected chi connectivity index (χ1v) is 8.92. The number of aromatic amines is 1. The summed E-state index contributed by atoms with van der Waals surface area (Å²) in [6, 6.07) is 6.39. The van der Waals surface area contributed by atoms with E-state index in [2.05, 4.69) is 19.8 Å². The number of hydrogen-bond donors (Lipinski definition) is 2. The lowest BCUT2D eigenvalue weighted by Gasteiger charge is -2.09. The van der Waals surface area contributed by atoms with Gasteiger partial charge in [0, 0.05) is 22.1 Å². The lowest BCUT2D eigenvalue weighted by atomic mass is 10.2. The van der Waals surface area contributed by atoms with Crippen LogP contribution < -0.4 is 4.72 Å². The molecule has 0 spiro atoms. The highest BCUT2D eigenvalue weighted by molar-refractivity contribution is 7.93. The zero-order chi connectivity index (χ0) is 17.5. The van der Waals surface area contributed by atoms with Gasteiger partial charge in [0.2, 0.25) is 0 Å². The van der Waals surface area contributed by atoms with Gasteiger partial charge in [-0.25, -0.2) is 8.42 Å². The molecular weight excluding hydrogens is 352 g/mol. The standard InChI is InChI=1S/C15H15ClN4O3S/c1-8-13(15-18-10(3)19-23-15)14(9(2)17-8)24(21,22)20-12-6-4-11(16)5-7-12/h4-7,17,20H,1-3H3. The first-order chi connectivity index (χ1) is 11.3. The summed E-state index contributed by atoms with van der Waals surface area (Å²) in [6.07, 6.45) is 0. The number of nitrogens with one attached hydrogen (secondary N) is 2. The summed E-state index contributed by atoms with van der Waals surface area (Å²) in [7, 11) is -3.86. The van der Waals surface area contributed by atoms with E-state index in [1.807, 2.05) is 0 Å². The third-order valence-corrected chi connectivity index (χ3v) is 5.23. The maximum atomic E-state index is 12.9.